The van der Waals surface area contributed by atoms with Crippen LogP contribution in [-0.4, -0.2) is 34.8 Å². The Morgan fingerprint density at radius 1 is 1.35 bits per heavy atom. The normalized spacial score (nSPS) is 18.5. The van der Waals surface area contributed by atoms with Gasteiger partial charge in [-0.05, 0) is 50.5 Å². The van der Waals surface area contributed by atoms with E-state index >= 15 is 0 Å². The van der Waals surface area contributed by atoms with Gasteiger partial charge >= 0.3 is 18.2 Å². The van der Waals surface area contributed by atoms with E-state index in [4.69, 9.17) is 4.74 Å². The standard InChI is InChI=1S/C20H22F3N3O4S/c1-4-12-9-14(25-18-24-10(3)16(31-18)17(27)30-5-2)13-8-11(20(21,22)23)6-7-15(13)26(12)19(28)29/h6-8,12,14H,4-5,9H2,1-3H3,(H,24,25)(H,28,29). The van der Waals surface area contributed by atoms with Gasteiger partial charge in [-0.3, -0.25) is 4.90 Å². The maximum atomic E-state index is 13.3. The lowest BCUT2D eigenvalue weighted by atomic mass is 9.89. The van der Waals surface area contributed by atoms with E-state index in [1.807, 2.05) is 6.92 Å². The molecule has 0 saturated heterocycles. The molecule has 3 rings (SSSR count). The number of halogens is 3. The summed E-state index contributed by atoms with van der Waals surface area (Å²) in [6.45, 7) is 5.35. The molecule has 7 nitrogen and oxygen atoms in total. The predicted octanol–water partition coefficient (Wildman–Crippen LogP) is 5.47. The highest BCUT2D eigenvalue weighted by Gasteiger charge is 2.39. The number of aryl methyl sites for hydroxylation is 1. The fraction of sp³-hybridized carbons (Fsp3) is 0.450. The van der Waals surface area contributed by atoms with Gasteiger partial charge < -0.3 is 15.2 Å². The Bertz CT molecular complexity index is 993. The number of aromatic nitrogens is 1. The molecular formula is C20H22F3N3O4S. The van der Waals surface area contributed by atoms with E-state index in [2.05, 4.69) is 10.3 Å². The summed E-state index contributed by atoms with van der Waals surface area (Å²) in [4.78, 5) is 29.6. The zero-order chi connectivity index (χ0) is 22.9. The van der Waals surface area contributed by atoms with Gasteiger partial charge in [0.15, 0.2) is 5.13 Å². The number of carbonyl (C=O) groups excluding carboxylic acids is 1. The summed E-state index contributed by atoms with van der Waals surface area (Å²) in [6, 6.07) is 2.01. The lowest BCUT2D eigenvalue weighted by molar-refractivity contribution is -0.137. The highest BCUT2D eigenvalue weighted by atomic mass is 32.1. The maximum Gasteiger partial charge on any atom is 0.416 e. The molecule has 2 N–H and O–H groups in total. The van der Waals surface area contributed by atoms with Gasteiger partial charge in [0.05, 0.1) is 29.6 Å². The molecule has 31 heavy (non-hydrogen) atoms. The molecule has 0 spiro atoms. The fourth-order valence-electron chi connectivity index (χ4n) is 3.67. The SMILES string of the molecule is CCOC(=O)c1sc(NC2CC(CC)N(C(=O)O)c3ccc(C(F)(F)F)cc32)nc1C. The number of alkyl halides is 3. The van der Waals surface area contributed by atoms with Gasteiger partial charge in [-0.1, -0.05) is 18.3 Å². The maximum absolute atomic E-state index is 13.3. The zero-order valence-corrected chi connectivity index (χ0v) is 17.9. The third-order valence-corrected chi connectivity index (χ3v) is 6.16. The number of carboxylic acid groups (broad SMARTS) is 1. The molecule has 2 heterocycles. The topological polar surface area (TPSA) is 91.8 Å². The van der Waals surface area contributed by atoms with E-state index in [1.54, 1.807) is 13.8 Å². The molecule has 1 amide bonds. The van der Waals surface area contributed by atoms with Crippen molar-refractivity contribution in [1.82, 2.24) is 4.98 Å². The lowest BCUT2D eigenvalue weighted by Crippen LogP contribution is -2.45. The molecule has 2 atom stereocenters. The van der Waals surface area contributed by atoms with Crippen LogP contribution in [0.25, 0.3) is 0 Å². The first-order valence-electron chi connectivity index (χ1n) is 9.71. The van der Waals surface area contributed by atoms with Crippen LogP contribution < -0.4 is 10.2 Å². The largest absolute Gasteiger partial charge is 0.465 e. The van der Waals surface area contributed by atoms with Gasteiger partial charge in [-0.15, -0.1) is 0 Å². The molecule has 1 aromatic heterocycles. The van der Waals surface area contributed by atoms with Gasteiger partial charge in [-0.2, -0.15) is 13.2 Å². The minimum atomic E-state index is -4.57. The molecule has 1 aliphatic rings. The summed E-state index contributed by atoms with van der Waals surface area (Å²) in [6.07, 6.45) is -5.05. The first-order chi connectivity index (χ1) is 14.6. The molecule has 168 valence electrons. The van der Waals surface area contributed by atoms with Gasteiger partial charge in [-0.25, -0.2) is 14.6 Å². The molecule has 2 aromatic rings. The van der Waals surface area contributed by atoms with Gasteiger partial charge in [0.1, 0.15) is 4.88 Å². The summed E-state index contributed by atoms with van der Waals surface area (Å²) in [5.41, 5.74) is 0.00792. The van der Waals surface area contributed by atoms with Crippen molar-refractivity contribution in [2.45, 2.75) is 51.9 Å². The summed E-state index contributed by atoms with van der Waals surface area (Å²) in [7, 11) is 0. The number of anilines is 2. The third kappa shape index (κ3) is 4.60. The number of amides is 1. The van der Waals surface area contributed by atoms with Crippen LogP contribution in [0.1, 0.15) is 59.2 Å². The Morgan fingerprint density at radius 2 is 2.06 bits per heavy atom. The first kappa shape index (κ1) is 22.9. The van der Waals surface area contributed by atoms with Crippen molar-refractivity contribution in [3.05, 3.63) is 39.9 Å². The summed E-state index contributed by atoms with van der Waals surface area (Å²) in [5.74, 6) is -0.516. The van der Waals surface area contributed by atoms with E-state index in [9.17, 15) is 27.9 Å². The predicted molar refractivity (Wildman–Crippen MR) is 110 cm³/mol. The number of nitrogens with zero attached hydrogens (tertiary/aromatic N) is 2. The van der Waals surface area contributed by atoms with Crippen molar-refractivity contribution in [2.24, 2.45) is 0 Å². The van der Waals surface area contributed by atoms with Crippen LogP contribution in [-0.2, 0) is 10.9 Å². The molecule has 11 heteroatoms. The monoisotopic (exact) mass is 457 g/mol. The van der Waals surface area contributed by atoms with E-state index in [0.717, 1.165) is 28.4 Å². The van der Waals surface area contributed by atoms with Crippen molar-refractivity contribution in [3.63, 3.8) is 0 Å². The Hall–Kier alpha value is -2.82. The Kier molecular flexibility index (Phi) is 6.44. The molecule has 0 saturated carbocycles. The molecule has 0 bridgehead atoms. The Labute approximate surface area is 180 Å². The fourth-order valence-corrected chi connectivity index (χ4v) is 4.58. The van der Waals surface area contributed by atoms with Crippen LogP contribution in [0, 0.1) is 6.92 Å². The lowest BCUT2D eigenvalue weighted by Gasteiger charge is -2.39. The van der Waals surface area contributed by atoms with Crippen LogP contribution >= 0.6 is 11.3 Å². The second kappa shape index (κ2) is 8.74. The third-order valence-electron chi connectivity index (χ3n) is 5.10. The number of nitrogens with one attached hydrogen (secondary N) is 1. The Balaban J connectivity index is 2.02. The molecular weight excluding hydrogens is 435 g/mol. The highest BCUT2D eigenvalue weighted by Crippen LogP contribution is 2.43. The van der Waals surface area contributed by atoms with Crippen molar-refractivity contribution in [3.8, 4) is 0 Å². The number of fused-ring (bicyclic) bond motifs is 1. The summed E-state index contributed by atoms with van der Waals surface area (Å²) < 4.78 is 45.0. The van der Waals surface area contributed by atoms with Crippen LogP contribution in [0.2, 0.25) is 0 Å². The molecule has 0 fully saturated rings. The highest BCUT2D eigenvalue weighted by molar-refractivity contribution is 7.17. The van der Waals surface area contributed by atoms with E-state index < -0.39 is 35.9 Å². The number of hydrogen-bond donors (Lipinski definition) is 2. The van der Waals surface area contributed by atoms with Gasteiger partial charge in [0.2, 0.25) is 0 Å². The van der Waals surface area contributed by atoms with E-state index in [1.165, 1.54) is 6.07 Å². The molecule has 2 unspecified atom stereocenters. The number of carbonyl (C=O) groups is 2. The second-order valence-electron chi connectivity index (χ2n) is 7.07. The van der Waals surface area contributed by atoms with Gasteiger partial charge in [0, 0.05) is 6.04 Å². The number of rotatable bonds is 5. The Morgan fingerprint density at radius 3 is 2.65 bits per heavy atom. The second-order valence-corrected chi connectivity index (χ2v) is 8.07. The van der Waals surface area contributed by atoms with Crippen LogP contribution in [0.15, 0.2) is 18.2 Å². The van der Waals surface area contributed by atoms with Crippen LogP contribution in [0.4, 0.5) is 28.8 Å². The quantitative estimate of drug-likeness (QED) is 0.579. The number of esters is 1. The van der Waals surface area contributed by atoms with E-state index in [0.29, 0.717) is 22.1 Å². The smallest absolute Gasteiger partial charge is 0.416 e. The van der Waals surface area contributed by atoms with E-state index in [-0.39, 0.29) is 24.3 Å². The summed E-state index contributed by atoms with van der Waals surface area (Å²) >= 11 is 1.05. The minimum absolute atomic E-state index is 0.204. The number of ether oxygens (including phenoxy) is 1. The van der Waals surface area contributed by atoms with Crippen molar-refractivity contribution in [1.29, 1.82) is 0 Å². The van der Waals surface area contributed by atoms with Crippen molar-refractivity contribution >= 4 is 34.2 Å². The number of thiazole rings is 1. The molecule has 0 aliphatic carbocycles. The average Bonchev–Trinajstić information content (AvgIpc) is 3.06. The van der Waals surface area contributed by atoms with Crippen molar-refractivity contribution < 1.29 is 32.6 Å². The van der Waals surface area contributed by atoms with Crippen LogP contribution in [0.5, 0.6) is 0 Å². The first-order valence-corrected chi connectivity index (χ1v) is 10.5. The zero-order valence-electron chi connectivity index (χ0n) is 17.1. The molecule has 1 aliphatic heterocycles. The van der Waals surface area contributed by atoms with Crippen LogP contribution in [0.3, 0.4) is 0 Å². The molecule has 0 radical (unpaired) electrons. The van der Waals surface area contributed by atoms with Crippen molar-refractivity contribution in [2.75, 3.05) is 16.8 Å². The minimum Gasteiger partial charge on any atom is -0.465 e. The molecule has 1 aromatic carbocycles. The number of hydrogen-bond acceptors (Lipinski definition) is 6. The summed E-state index contributed by atoms with van der Waals surface area (Å²) in [5, 5.41) is 13.1. The van der Waals surface area contributed by atoms with Gasteiger partial charge in [0.25, 0.3) is 0 Å². The average molecular weight is 457 g/mol. The number of benzene rings is 1.